The maximum Gasteiger partial charge on any atom is 0.233 e. The van der Waals surface area contributed by atoms with Crippen molar-refractivity contribution in [1.82, 2.24) is 5.32 Å². The first-order chi connectivity index (χ1) is 11.9. The van der Waals surface area contributed by atoms with Crippen LogP contribution in [0.5, 0.6) is 0 Å². The van der Waals surface area contributed by atoms with Crippen molar-refractivity contribution in [2.45, 2.75) is 68.7 Å². The maximum absolute atomic E-state index is 12.3. The Labute approximate surface area is 154 Å². The standard InChI is InChI=1S/C19H28N2O3S/c1-13(6-9-17-5-4-12-24-17)20-19(23)14(2)25-18-10-7-16(8-11-18)21-15(3)22/h7-8,10-11,13-14,17H,4-6,9,12H2,1-3H3,(H,20,23)(H,21,22). The Morgan fingerprint density at radius 2 is 2.00 bits per heavy atom. The Kier molecular flexibility index (Phi) is 7.78. The summed E-state index contributed by atoms with van der Waals surface area (Å²) in [4.78, 5) is 24.4. The lowest BCUT2D eigenvalue weighted by Gasteiger charge is -2.19. The van der Waals surface area contributed by atoms with Crippen LogP contribution in [0, 0.1) is 0 Å². The summed E-state index contributed by atoms with van der Waals surface area (Å²) >= 11 is 1.52. The highest BCUT2D eigenvalue weighted by molar-refractivity contribution is 8.00. The van der Waals surface area contributed by atoms with Crippen LogP contribution in [0.4, 0.5) is 5.69 Å². The third kappa shape index (κ3) is 7.08. The van der Waals surface area contributed by atoms with Gasteiger partial charge in [0.1, 0.15) is 0 Å². The van der Waals surface area contributed by atoms with Gasteiger partial charge >= 0.3 is 0 Å². The smallest absolute Gasteiger partial charge is 0.233 e. The molecule has 6 heteroatoms. The SMILES string of the molecule is CC(=O)Nc1ccc(SC(C)C(=O)NC(C)CCC2CCCO2)cc1. The van der Waals surface area contributed by atoms with E-state index in [9.17, 15) is 9.59 Å². The van der Waals surface area contributed by atoms with Crippen molar-refractivity contribution in [2.24, 2.45) is 0 Å². The van der Waals surface area contributed by atoms with E-state index in [1.807, 2.05) is 38.1 Å². The topological polar surface area (TPSA) is 67.4 Å². The van der Waals surface area contributed by atoms with E-state index >= 15 is 0 Å². The van der Waals surface area contributed by atoms with Gasteiger partial charge in [0.25, 0.3) is 0 Å². The van der Waals surface area contributed by atoms with E-state index in [4.69, 9.17) is 4.74 Å². The molecule has 1 heterocycles. The fourth-order valence-electron chi connectivity index (χ4n) is 2.82. The monoisotopic (exact) mass is 364 g/mol. The summed E-state index contributed by atoms with van der Waals surface area (Å²) in [7, 11) is 0. The number of benzene rings is 1. The van der Waals surface area contributed by atoms with E-state index in [0.29, 0.717) is 6.10 Å². The summed E-state index contributed by atoms with van der Waals surface area (Å²) in [5.74, 6) is -0.0408. The highest BCUT2D eigenvalue weighted by Crippen LogP contribution is 2.25. The Balaban J connectivity index is 1.74. The largest absolute Gasteiger partial charge is 0.378 e. The van der Waals surface area contributed by atoms with Crippen molar-refractivity contribution < 1.29 is 14.3 Å². The quantitative estimate of drug-likeness (QED) is 0.692. The molecule has 3 unspecified atom stereocenters. The van der Waals surface area contributed by atoms with E-state index in [0.717, 1.165) is 42.9 Å². The van der Waals surface area contributed by atoms with Crippen LogP contribution in [0.15, 0.2) is 29.2 Å². The molecule has 1 aromatic rings. The predicted octanol–water partition coefficient (Wildman–Crippen LogP) is 3.59. The van der Waals surface area contributed by atoms with Crippen molar-refractivity contribution in [3.63, 3.8) is 0 Å². The molecule has 1 fully saturated rings. The molecule has 0 bridgehead atoms. The van der Waals surface area contributed by atoms with Crippen LogP contribution < -0.4 is 10.6 Å². The highest BCUT2D eigenvalue weighted by atomic mass is 32.2. The molecular weight excluding hydrogens is 336 g/mol. The van der Waals surface area contributed by atoms with Gasteiger partial charge in [0.2, 0.25) is 11.8 Å². The Bertz CT molecular complexity index is 571. The van der Waals surface area contributed by atoms with Crippen LogP contribution in [0.2, 0.25) is 0 Å². The number of hydrogen-bond donors (Lipinski definition) is 2. The van der Waals surface area contributed by atoms with Gasteiger partial charge < -0.3 is 15.4 Å². The molecule has 1 aromatic carbocycles. The molecule has 0 aliphatic carbocycles. The molecule has 2 amide bonds. The first kappa shape index (κ1) is 19.8. The minimum atomic E-state index is -0.170. The fourth-order valence-corrected chi connectivity index (χ4v) is 3.69. The van der Waals surface area contributed by atoms with E-state index in [1.54, 1.807) is 0 Å². The van der Waals surface area contributed by atoms with Gasteiger partial charge in [-0.15, -0.1) is 11.8 Å². The van der Waals surface area contributed by atoms with Crippen LogP contribution in [0.1, 0.15) is 46.5 Å². The van der Waals surface area contributed by atoms with Gasteiger partial charge in [0.05, 0.1) is 11.4 Å². The minimum absolute atomic E-state index is 0.0516. The lowest BCUT2D eigenvalue weighted by Crippen LogP contribution is -2.38. The van der Waals surface area contributed by atoms with Crippen molar-refractivity contribution in [1.29, 1.82) is 0 Å². The number of thioether (sulfide) groups is 1. The van der Waals surface area contributed by atoms with Gasteiger partial charge in [0, 0.05) is 30.2 Å². The number of ether oxygens (including phenoxy) is 1. The van der Waals surface area contributed by atoms with Crippen LogP contribution in [0.3, 0.4) is 0 Å². The number of hydrogen-bond acceptors (Lipinski definition) is 4. The van der Waals surface area contributed by atoms with Crippen LogP contribution in [0.25, 0.3) is 0 Å². The van der Waals surface area contributed by atoms with Crippen molar-refractivity contribution in [3.05, 3.63) is 24.3 Å². The average Bonchev–Trinajstić information content (AvgIpc) is 3.07. The highest BCUT2D eigenvalue weighted by Gasteiger charge is 2.19. The van der Waals surface area contributed by atoms with E-state index in [2.05, 4.69) is 10.6 Å². The number of carbonyl (C=O) groups excluding carboxylic acids is 2. The summed E-state index contributed by atoms with van der Waals surface area (Å²) in [6.07, 6.45) is 4.61. The molecular formula is C19H28N2O3S. The van der Waals surface area contributed by atoms with Gasteiger partial charge in [-0.05, 0) is 63.8 Å². The molecule has 1 saturated heterocycles. The van der Waals surface area contributed by atoms with E-state index in [1.165, 1.54) is 18.7 Å². The second kappa shape index (κ2) is 9.82. The normalized spacial score (nSPS) is 19.2. The van der Waals surface area contributed by atoms with Crippen LogP contribution in [-0.4, -0.2) is 35.8 Å². The Hall–Kier alpha value is -1.53. The van der Waals surface area contributed by atoms with Gasteiger partial charge in [-0.2, -0.15) is 0 Å². The molecule has 0 spiro atoms. The molecule has 3 atom stereocenters. The molecule has 0 saturated carbocycles. The number of rotatable bonds is 8. The minimum Gasteiger partial charge on any atom is -0.378 e. The average molecular weight is 365 g/mol. The van der Waals surface area contributed by atoms with Crippen LogP contribution in [-0.2, 0) is 14.3 Å². The number of anilines is 1. The van der Waals surface area contributed by atoms with Gasteiger partial charge in [-0.1, -0.05) is 0 Å². The molecule has 0 radical (unpaired) electrons. The third-order valence-electron chi connectivity index (χ3n) is 4.19. The zero-order chi connectivity index (χ0) is 18.2. The summed E-state index contributed by atoms with van der Waals surface area (Å²) in [5, 5.41) is 5.65. The summed E-state index contributed by atoms with van der Waals surface area (Å²) in [6.45, 7) is 6.32. The fraction of sp³-hybridized carbons (Fsp3) is 0.579. The van der Waals surface area contributed by atoms with Crippen molar-refractivity contribution >= 4 is 29.3 Å². The number of amides is 2. The molecule has 138 valence electrons. The number of carbonyl (C=O) groups is 2. The van der Waals surface area contributed by atoms with Crippen molar-refractivity contribution in [3.8, 4) is 0 Å². The van der Waals surface area contributed by atoms with Crippen LogP contribution >= 0.6 is 11.8 Å². The Morgan fingerprint density at radius 3 is 2.60 bits per heavy atom. The van der Waals surface area contributed by atoms with E-state index in [-0.39, 0.29) is 23.1 Å². The Morgan fingerprint density at radius 1 is 1.28 bits per heavy atom. The first-order valence-electron chi connectivity index (χ1n) is 8.90. The lowest BCUT2D eigenvalue weighted by molar-refractivity contribution is -0.121. The summed E-state index contributed by atoms with van der Waals surface area (Å²) in [5.41, 5.74) is 0.761. The van der Waals surface area contributed by atoms with Gasteiger partial charge in [-0.25, -0.2) is 0 Å². The summed E-state index contributed by atoms with van der Waals surface area (Å²) < 4.78 is 5.63. The van der Waals surface area contributed by atoms with Gasteiger partial charge in [-0.3, -0.25) is 9.59 Å². The molecule has 5 nitrogen and oxygen atoms in total. The molecule has 1 aliphatic heterocycles. The molecule has 2 rings (SSSR count). The first-order valence-corrected chi connectivity index (χ1v) is 9.78. The summed E-state index contributed by atoms with van der Waals surface area (Å²) in [6, 6.07) is 7.68. The lowest BCUT2D eigenvalue weighted by atomic mass is 10.1. The zero-order valence-electron chi connectivity index (χ0n) is 15.2. The molecule has 2 N–H and O–H groups in total. The second-order valence-electron chi connectivity index (χ2n) is 6.59. The number of nitrogens with one attached hydrogen (secondary N) is 2. The third-order valence-corrected chi connectivity index (χ3v) is 5.30. The maximum atomic E-state index is 12.3. The zero-order valence-corrected chi connectivity index (χ0v) is 16.0. The van der Waals surface area contributed by atoms with Gasteiger partial charge in [0.15, 0.2) is 0 Å². The molecule has 1 aliphatic rings. The molecule has 25 heavy (non-hydrogen) atoms. The predicted molar refractivity (Wildman–Crippen MR) is 102 cm³/mol. The second-order valence-corrected chi connectivity index (χ2v) is 8.00. The van der Waals surface area contributed by atoms with Crippen molar-refractivity contribution in [2.75, 3.05) is 11.9 Å². The van der Waals surface area contributed by atoms with E-state index < -0.39 is 0 Å². The molecule has 0 aromatic heterocycles.